The predicted molar refractivity (Wildman–Crippen MR) is 131 cm³/mol. The fourth-order valence-corrected chi connectivity index (χ4v) is 3.10. The molecule has 0 saturated carbocycles. The van der Waals surface area contributed by atoms with Crippen LogP contribution in [0.5, 0.6) is 0 Å². The number of ether oxygens (including phenoxy) is 1. The zero-order valence-electron chi connectivity index (χ0n) is 20.9. The van der Waals surface area contributed by atoms with Crippen molar-refractivity contribution in [1.29, 1.82) is 0 Å². The lowest BCUT2D eigenvalue weighted by atomic mass is 10.2. The van der Waals surface area contributed by atoms with Gasteiger partial charge in [0.05, 0.1) is 17.8 Å². The van der Waals surface area contributed by atoms with Gasteiger partial charge in [0.15, 0.2) is 0 Å². The molecule has 36 heavy (non-hydrogen) atoms. The van der Waals surface area contributed by atoms with Crippen LogP contribution < -0.4 is 21.3 Å². The van der Waals surface area contributed by atoms with Gasteiger partial charge in [0.1, 0.15) is 17.0 Å². The molecule has 0 saturated heterocycles. The molecular weight excluding hydrogens is 472 g/mol. The van der Waals surface area contributed by atoms with Crippen molar-refractivity contribution in [3.63, 3.8) is 0 Å². The molecule has 2 heterocycles. The van der Waals surface area contributed by atoms with Crippen LogP contribution in [0.1, 0.15) is 54.6 Å². The molecule has 5 N–H and O–H groups in total. The van der Waals surface area contributed by atoms with Gasteiger partial charge in [-0.3, -0.25) is 19.2 Å². The van der Waals surface area contributed by atoms with E-state index in [0.717, 1.165) is 0 Å². The molecule has 0 spiro atoms. The number of carboxylic acid groups (broad SMARTS) is 1. The van der Waals surface area contributed by atoms with E-state index in [2.05, 4.69) is 21.3 Å². The van der Waals surface area contributed by atoms with Gasteiger partial charge in [-0.05, 0) is 32.9 Å². The minimum Gasteiger partial charge on any atom is -0.481 e. The highest BCUT2D eigenvalue weighted by Crippen LogP contribution is 2.17. The molecular formula is C23H32N6O7. The van der Waals surface area contributed by atoms with Crippen LogP contribution in [0.25, 0.3) is 0 Å². The number of amides is 4. The second-order valence-electron chi connectivity index (χ2n) is 9.03. The summed E-state index contributed by atoms with van der Waals surface area (Å²) >= 11 is 0. The molecule has 0 aromatic carbocycles. The van der Waals surface area contributed by atoms with E-state index in [-0.39, 0.29) is 43.2 Å². The Bertz CT molecular complexity index is 1140. The quantitative estimate of drug-likeness (QED) is 0.327. The number of aromatic nitrogens is 2. The number of carbonyl (C=O) groups excluding carboxylic acids is 4. The highest BCUT2D eigenvalue weighted by Gasteiger charge is 2.18. The standard InChI is InChI=1S/C23H32N6O7/c1-23(2,3)36-22(35)25-8-6-18(30)26-14-10-17(29(5)12-14)21(34)27-15-11-16(28(4)13-15)20(33)24-9-7-19(31)32/h10-13H,6-9H2,1-5H3,(H,24,33)(H,25,35)(H,26,30)(H,27,34)(H,31,32). The third-order valence-corrected chi connectivity index (χ3v) is 4.66. The molecule has 13 heteroatoms. The van der Waals surface area contributed by atoms with Crippen LogP contribution in [-0.4, -0.2) is 62.7 Å². The number of rotatable bonds is 10. The first kappa shape index (κ1) is 28.0. The summed E-state index contributed by atoms with van der Waals surface area (Å²) < 4.78 is 8.15. The van der Waals surface area contributed by atoms with Gasteiger partial charge < -0.3 is 40.2 Å². The summed E-state index contributed by atoms with van der Waals surface area (Å²) in [6.45, 7) is 5.28. The van der Waals surface area contributed by atoms with Crippen LogP contribution in [0.3, 0.4) is 0 Å². The van der Waals surface area contributed by atoms with Crippen molar-refractivity contribution >= 4 is 41.2 Å². The molecule has 2 aromatic rings. The number of hydrogen-bond acceptors (Lipinski definition) is 6. The first-order valence-corrected chi connectivity index (χ1v) is 11.2. The molecule has 0 aliphatic heterocycles. The van der Waals surface area contributed by atoms with Crippen molar-refractivity contribution in [2.45, 2.75) is 39.2 Å². The highest BCUT2D eigenvalue weighted by molar-refractivity contribution is 6.05. The third kappa shape index (κ3) is 8.81. The van der Waals surface area contributed by atoms with Crippen LogP contribution in [0.15, 0.2) is 24.5 Å². The minimum atomic E-state index is -1.02. The molecule has 196 valence electrons. The number of nitrogens with zero attached hydrogens (tertiary/aromatic N) is 2. The fraction of sp³-hybridized carbons (Fsp3) is 0.435. The molecule has 2 rings (SSSR count). The molecule has 0 radical (unpaired) electrons. The average molecular weight is 505 g/mol. The summed E-state index contributed by atoms with van der Waals surface area (Å²) in [6.07, 6.45) is 2.31. The Balaban J connectivity index is 1.91. The number of anilines is 2. The zero-order valence-corrected chi connectivity index (χ0v) is 20.9. The maximum absolute atomic E-state index is 12.8. The van der Waals surface area contributed by atoms with Crippen LogP contribution in [0.4, 0.5) is 16.2 Å². The summed E-state index contributed by atoms with van der Waals surface area (Å²) in [7, 11) is 3.26. The average Bonchev–Trinajstić information content (AvgIpc) is 3.27. The Labute approximate surface area is 208 Å². The normalized spacial score (nSPS) is 10.9. The first-order valence-electron chi connectivity index (χ1n) is 11.2. The summed E-state index contributed by atoms with van der Waals surface area (Å²) in [5.41, 5.74) is 0.634. The number of alkyl carbamates (subject to hydrolysis) is 1. The number of carboxylic acids is 1. The van der Waals surface area contributed by atoms with E-state index in [9.17, 15) is 24.0 Å². The summed E-state index contributed by atoms with van der Waals surface area (Å²) in [4.78, 5) is 59.4. The van der Waals surface area contributed by atoms with Gasteiger partial charge in [-0.15, -0.1) is 0 Å². The van der Waals surface area contributed by atoms with Gasteiger partial charge in [0.25, 0.3) is 11.8 Å². The Morgan fingerprint density at radius 2 is 1.36 bits per heavy atom. The van der Waals surface area contributed by atoms with Gasteiger partial charge in [-0.2, -0.15) is 0 Å². The fourth-order valence-electron chi connectivity index (χ4n) is 3.10. The second kappa shape index (κ2) is 11.9. The van der Waals surface area contributed by atoms with Gasteiger partial charge in [0.2, 0.25) is 5.91 Å². The lowest BCUT2D eigenvalue weighted by Gasteiger charge is -2.19. The lowest BCUT2D eigenvalue weighted by Crippen LogP contribution is -2.34. The smallest absolute Gasteiger partial charge is 0.407 e. The molecule has 4 amide bonds. The first-order chi connectivity index (χ1) is 16.7. The van der Waals surface area contributed by atoms with Gasteiger partial charge in [0, 0.05) is 46.0 Å². The predicted octanol–water partition coefficient (Wildman–Crippen LogP) is 1.67. The Hall–Kier alpha value is -4.29. The van der Waals surface area contributed by atoms with Crippen LogP contribution in [-0.2, 0) is 28.4 Å². The van der Waals surface area contributed by atoms with Crippen LogP contribution in [0.2, 0.25) is 0 Å². The number of carbonyl (C=O) groups is 5. The van der Waals surface area contributed by atoms with Crippen molar-refractivity contribution in [2.24, 2.45) is 14.1 Å². The Kier molecular flexibility index (Phi) is 9.25. The Morgan fingerprint density at radius 1 is 0.833 bits per heavy atom. The molecule has 0 bridgehead atoms. The third-order valence-electron chi connectivity index (χ3n) is 4.66. The molecule has 2 aromatic heterocycles. The monoisotopic (exact) mass is 504 g/mol. The van der Waals surface area contributed by atoms with E-state index in [4.69, 9.17) is 9.84 Å². The van der Waals surface area contributed by atoms with Gasteiger partial charge >= 0.3 is 12.1 Å². The van der Waals surface area contributed by atoms with Gasteiger partial charge in [-0.1, -0.05) is 0 Å². The summed E-state index contributed by atoms with van der Waals surface area (Å²) in [6, 6.07) is 2.97. The van der Waals surface area contributed by atoms with Crippen molar-refractivity contribution in [3.05, 3.63) is 35.9 Å². The van der Waals surface area contributed by atoms with Crippen molar-refractivity contribution in [2.75, 3.05) is 23.7 Å². The molecule has 0 atom stereocenters. The number of hydrogen-bond donors (Lipinski definition) is 5. The van der Waals surface area contributed by atoms with Gasteiger partial charge in [-0.25, -0.2) is 4.79 Å². The van der Waals surface area contributed by atoms with Crippen LogP contribution in [0, 0.1) is 0 Å². The number of nitrogens with one attached hydrogen (secondary N) is 4. The van der Waals surface area contributed by atoms with E-state index >= 15 is 0 Å². The SMILES string of the molecule is Cn1cc(NC(=O)c2cc(NC(=O)CCNC(=O)OC(C)(C)C)cn2C)cc1C(=O)NCCC(=O)O. The molecule has 0 fully saturated rings. The van der Waals surface area contributed by atoms with E-state index in [1.54, 1.807) is 47.3 Å². The number of aliphatic carboxylic acids is 1. The van der Waals surface area contributed by atoms with Crippen molar-refractivity contribution in [3.8, 4) is 0 Å². The number of aryl methyl sites for hydroxylation is 2. The molecule has 13 nitrogen and oxygen atoms in total. The minimum absolute atomic E-state index is 0.0109. The topological polar surface area (TPSA) is 173 Å². The van der Waals surface area contributed by atoms with E-state index < -0.39 is 29.5 Å². The second-order valence-corrected chi connectivity index (χ2v) is 9.03. The molecule has 0 unspecified atom stereocenters. The molecule has 0 aliphatic rings. The van der Waals surface area contributed by atoms with Crippen molar-refractivity contribution < 1.29 is 33.8 Å². The summed E-state index contributed by atoms with van der Waals surface area (Å²) in [5.74, 6) is -2.31. The van der Waals surface area contributed by atoms with Crippen LogP contribution >= 0.6 is 0 Å². The molecule has 0 aliphatic carbocycles. The van der Waals surface area contributed by atoms with E-state index in [1.165, 1.54) is 21.3 Å². The van der Waals surface area contributed by atoms with E-state index in [1.807, 2.05) is 0 Å². The van der Waals surface area contributed by atoms with Crippen molar-refractivity contribution in [1.82, 2.24) is 19.8 Å². The zero-order chi connectivity index (χ0) is 27.0. The Morgan fingerprint density at radius 3 is 1.92 bits per heavy atom. The van der Waals surface area contributed by atoms with E-state index in [0.29, 0.717) is 11.4 Å². The highest BCUT2D eigenvalue weighted by atomic mass is 16.6. The lowest BCUT2D eigenvalue weighted by molar-refractivity contribution is -0.136. The largest absolute Gasteiger partial charge is 0.481 e. The maximum atomic E-state index is 12.8. The summed E-state index contributed by atoms with van der Waals surface area (Å²) in [5, 5.41) is 19.0. The maximum Gasteiger partial charge on any atom is 0.407 e.